The Hall–Kier alpha value is -1.62. The number of nitrogens with zero attached hydrogens (tertiary/aromatic N) is 4. The van der Waals surface area contributed by atoms with Gasteiger partial charge in [0.1, 0.15) is 17.8 Å². The van der Waals surface area contributed by atoms with Gasteiger partial charge in [-0.05, 0) is 45.3 Å². The Morgan fingerprint density at radius 3 is 2.90 bits per heavy atom. The second-order valence-electron chi connectivity index (χ2n) is 5.73. The first kappa shape index (κ1) is 13.4. The number of nitrogen functional groups attached to an aromatic ring is 1. The molecule has 3 rings (SSSR count). The number of aryl methyl sites for hydroxylation is 1. The highest BCUT2D eigenvalue weighted by atomic mass is 15.2. The number of aromatic nitrogens is 3. The van der Waals surface area contributed by atoms with E-state index in [1.807, 2.05) is 0 Å². The predicted molar refractivity (Wildman–Crippen MR) is 81.8 cm³/mol. The Balaban J connectivity index is 2.11. The van der Waals surface area contributed by atoms with E-state index in [1.54, 1.807) is 6.33 Å². The summed E-state index contributed by atoms with van der Waals surface area (Å²) in [6.07, 6.45) is 4.04. The normalized spacial score (nSPS) is 20.6. The zero-order chi connectivity index (χ0) is 14.3. The van der Waals surface area contributed by atoms with Gasteiger partial charge < -0.3 is 15.2 Å². The molecule has 0 aliphatic carbocycles. The highest BCUT2D eigenvalue weighted by Gasteiger charge is 2.25. The minimum atomic E-state index is 0.495. The van der Waals surface area contributed by atoms with Crippen molar-refractivity contribution >= 4 is 16.9 Å². The minimum Gasteiger partial charge on any atom is -0.383 e. The van der Waals surface area contributed by atoms with Crippen LogP contribution in [0.15, 0.2) is 6.33 Å². The molecule has 0 spiro atoms. The summed E-state index contributed by atoms with van der Waals surface area (Å²) in [5, 5.41) is 1.03. The Morgan fingerprint density at radius 1 is 1.35 bits per heavy atom. The molecule has 2 aromatic rings. The monoisotopic (exact) mass is 273 g/mol. The smallest absolute Gasteiger partial charge is 0.146 e. The van der Waals surface area contributed by atoms with E-state index in [0.717, 1.165) is 24.1 Å². The third kappa shape index (κ3) is 1.97. The van der Waals surface area contributed by atoms with Crippen molar-refractivity contribution in [2.24, 2.45) is 0 Å². The summed E-state index contributed by atoms with van der Waals surface area (Å²) in [4.78, 5) is 11.2. The van der Waals surface area contributed by atoms with Crippen LogP contribution in [0.5, 0.6) is 0 Å². The first-order valence-corrected chi connectivity index (χ1v) is 7.43. The van der Waals surface area contributed by atoms with Gasteiger partial charge in [0, 0.05) is 18.3 Å². The largest absolute Gasteiger partial charge is 0.383 e. The number of hydrogen-bond donors (Lipinski definition) is 1. The lowest BCUT2D eigenvalue weighted by atomic mass is 10.1. The van der Waals surface area contributed by atoms with Crippen LogP contribution in [0.4, 0.5) is 5.82 Å². The molecule has 108 valence electrons. The molecule has 1 aliphatic rings. The fourth-order valence-electron chi connectivity index (χ4n) is 3.43. The van der Waals surface area contributed by atoms with Crippen LogP contribution in [0.2, 0.25) is 0 Å². The van der Waals surface area contributed by atoms with E-state index >= 15 is 0 Å². The Morgan fingerprint density at radius 2 is 2.15 bits per heavy atom. The number of rotatable bonds is 2. The quantitative estimate of drug-likeness (QED) is 0.912. The third-order valence-corrected chi connectivity index (χ3v) is 4.66. The molecule has 3 heterocycles. The maximum atomic E-state index is 6.05. The lowest BCUT2D eigenvalue weighted by molar-refractivity contribution is 0.186. The molecule has 1 unspecified atom stereocenters. The number of likely N-dealkylation sites (N-methyl/N-ethyl adjacent to an activating group) is 1. The first-order valence-electron chi connectivity index (χ1n) is 7.43. The van der Waals surface area contributed by atoms with E-state index in [4.69, 9.17) is 5.73 Å². The number of hydrogen-bond acceptors (Lipinski definition) is 4. The Kier molecular flexibility index (Phi) is 3.38. The van der Waals surface area contributed by atoms with Gasteiger partial charge >= 0.3 is 0 Å². The average Bonchev–Trinajstić information content (AvgIpc) is 2.72. The number of nitrogens with two attached hydrogens (primary N) is 1. The van der Waals surface area contributed by atoms with E-state index in [1.165, 1.54) is 30.6 Å². The first-order chi connectivity index (χ1) is 9.63. The van der Waals surface area contributed by atoms with Crippen LogP contribution in [-0.2, 0) is 0 Å². The van der Waals surface area contributed by atoms with Crippen LogP contribution >= 0.6 is 0 Å². The van der Waals surface area contributed by atoms with Gasteiger partial charge in [0.15, 0.2) is 0 Å². The SMILES string of the molecule is CCN1CCCC(n2c(C)c(C)c3c(N)ncnc32)C1. The highest BCUT2D eigenvalue weighted by Crippen LogP contribution is 2.33. The average molecular weight is 273 g/mol. The summed E-state index contributed by atoms with van der Waals surface area (Å²) in [5.74, 6) is 0.595. The van der Waals surface area contributed by atoms with Crippen molar-refractivity contribution in [3.63, 3.8) is 0 Å². The van der Waals surface area contributed by atoms with Crippen molar-refractivity contribution < 1.29 is 0 Å². The summed E-state index contributed by atoms with van der Waals surface area (Å²) < 4.78 is 2.38. The summed E-state index contributed by atoms with van der Waals surface area (Å²) in [7, 11) is 0. The molecular formula is C15H23N5. The molecule has 1 fully saturated rings. The minimum absolute atomic E-state index is 0.495. The van der Waals surface area contributed by atoms with Crippen LogP contribution in [0, 0.1) is 13.8 Å². The highest BCUT2D eigenvalue weighted by molar-refractivity contribution is 5.90. The van der Waals surface area contributed by atoms with E-state index < -0.39 is 0 Å². The van der Waals surface area contributed by atoms with Crippen LogP contribution in [0.25, 0.3) is 11.0 Å². The summed E-state index contributed by atoms with van der Waals surface area (Å²) >= 11 is 0. The van der Waals surface area contributed by atoms with E-state index in [9.17, 15) is 0 Å². The van der Waals surface area contributed by atoms with Crippen LogP contribution in [-0.4, -0.2) is 39.1 Å². The van der Waals surface area contributed by atoms with Crippen LogP contribution in [0.1, 0.15) is 37.1 Å². The van der Waals surface area contributed by atoms with Crippen molar-refractivity contribution in [1.29, 1.82) is 0 Å². The van der Waals surface area contributed by atoms with Gasteiger partial charge in [0.2, 0.25) is 0 Å². The van der Waals surface area contributed by atoms with Crippen LogP contribution in [0.3, 0.4) is 0 Å². The van der Waals surface area contributed by atoms with E-state index in [-0.39, 0.29) is 0 Å². The van der Waals surface area contributed by atoms with Crippen molar-refractivity contribution in [3.8, 4) is 0 Å². The standard InChI is InChI=1S/C15H23N5/c1-4-19-7-5-6-12(8-19)20-11(3)10(2)13-14(16)17-9-18-15(13)20/h9,12H,4-8H2,1-3H3,(H2,16,17,18). The topological polar surface area (TPSA) is 60.0 Å². The lowest BCUT2D eigenvalue weighted by Gasteiger charge is -2.33. The fourth-order valence-corrected chi connectivity index (χ4v) is 3.43. The molecule has 1 saturated heterocycles. The molecule has 2 aromatic heterocycles. The second kappa shape index (κ2) is 5.05. The van der Waals surface area contributed by atoms with Gasteiger partial charge in [0.05, 0.1) is 5.39 Å². The zero-order valence-electron chi connectivity index (χ0n) is 12.6. The number of fused-ring (bicyclic) bond motifs is 1. The summed E-state index contributed by atoms with van der Waals surface area (Å²) in [6.45, 7) is 9.95. The van der Waals surface area contributed by atoms with Crippen molar-refractivity contribution in [1.82, 2.24) is 19.4 Å². The summed E-state index contributed by atoms with van der Waals surface area (Å²) in [6, 6.07) is 0.495. The molecule has 0 aromatic carbocycles. The Labute approximate surface area is 119 Å². The summed E-state index contributed by atoms with van der Waals surface area (Å²) in [5.41, 5.74) is 9.53. The van der Waals surface area contributed by atoms with E-state index in [0.29, 0.717) is 11.9 Å². The third-order valence-electron chi connectivity index (χ3n) is 4.66. The number of piperidine rings is 1. The fraction of sp³-hybridized carbons (Fsp3) is 0.600. The van der Waals surface area contributed by atoms with E-state index in [2.05, 4.69) is 40.2 Å². The number of likely N-dealkylation sites (tertiary alicyclic amines) is 1. The van der Waals surface area contributed by atoms with Gasteiger partial charge in [-0.15, -0.1) is 0 Å². The molecule has 5 heteroatoms. The van der Waals surface area contributed by atoms with Gasteiger partial charge in [-0.1, -0.05) is 6.92 Å². The predicted octanol–water partition coefficient (Wildman–Crippen LogP) is 2.29. The van der Waals surface area contributed by atoms with Gasteiger partial charge in [-0.25, -0.2) is 9.97 Å². The molecule has 0 bridgehead atoms. The van der Waals surface area contributed by atoms with Crippen LogP contribution < -0.4 is 5.73 Å². The molecule has 1 aliphatic heterocycles. The van der Waals surface area contributed by atoms with Crippen molar-refractivity contribution in [2.45, 2.75) is 39.7 Å². The maximum absolute atomic E-state index is 6.05. The molecule has 20 heavy (non-hydrogen) atoms. The Bertz CT molecular complexity index is 631. The zero-order valence-corrected chi connectivity index (χ0v) is 12.6. The molecule has 0 amide bonds. The molecule has 0 radical (unpaired) electrons. The second-order valence-corrected chi connectivity index (χ2v) is 5.73. The molecule has 0 saturated carbocycles. The molecule has 2 N–H and O–H groups in total. The van der Waals surface area contributed by atoms with Crippen molar-refractivity contribution in [2.75, 3.05) is 25.4 Å². The molecule has 1 atom stereocenters. The van der Waals surface area contributed by atoms with Gasteiger partial charge in [-0.2, -0.15) is 0 Å². The maximum Gasteiger partial charge on any atom is 0.146 e. The van der Waals surface area contributed by atoms with Gasteiger partial charge in [0.25, 0.3) is 0 Å². The van der Waals surface area contributed by atoms with Crippen molar-refractivity contribution in [3.05, 3.63) is 17.6 Å². The molecular weight excluding hydrogens is 250 g/mol. The van der Waals surface area contributed by atoms with Gasteiger partial charge in [-0.3, -0.25) is 0 Å². The lowest BCUT2D eigenvalue weighted by Crippen LogP contribution is -2.36. The molecule has 5 nitrogen and oxygen atoms in total. The number of anilines is 1.